The van der Waals surface area contributed by atoms with Gasteiger partial charge in [0, 0.05) is 20.6 Å². The van der Waals surface area contributed by atoms with E-state index in [1.165, 1.54) is 12.4 Å². The molecule has 2 rings (SSSR count). The molecule has 0 atom stereocenters. The summed E-state index contributed by atoms with van der Waals surface area (Å²) in [6.45, 7) is 1.12. The number of aromatic nitrogens is 3. The predicted molar refractivity (Wildman–Crippen MR) is 94.7 cm³/mol. The average Bonchev–Trinajstić information content (AvgIpc) is 2.90. The van der Waals surface area contributed by atoms with Crippen molar-refractivity contribution in [1.82, 2.24) is 25.4 Å². The average molecular weight is 418 g/mol. The molecule has 0 saturated carbocycles. The van der Waals surface area contributed by atoms with Gasteiger partial charge in [0.15, 0.2) is 5.96 Å². The van der Waals surface area contributed by atoms with Crippen molar-refractivity contribution in [1.29, 1.82) is 0 Å². The lowest BCUT2D eigenvalue weighted by atomic mass is 10.1. The van der Waals surface area contributed by atoms with E-state index in [-0.39, 0.29) is 29.8 Å². The molecule has 1 aromatic heterocycles. The predicted octanol–water partition coefficient (Wildman–Crippen LogP) is 1.48. The quantitative estimate of drug-likeness (QED) is 0.439. The van der Waals surface area contributed by atoms with Crippen LogP contribution in [0.15, 0.2) is 35.6 Å². The Kier molecular flexibility index (Phi) is 7.78. The number of halogens is 2. The van der Waals surface area contributed by atoms with E-state index in [9.17, 15) is 4.39 Å². The fraction of sp³-hybridized carbons (Fsp3) is 0.357. The minimum absolute atomic E-state index is 0. The summed E-state index contributed by atoms with van der Waals surface area (Å²) in [4.78, 5) is 8.23. The van der Waals surface area contributed by atoms with Crippen LogP contribution >= 0.6 is 24.0 Å². The standard InChI is InChI=1S/C14H19FN6.HI/c1-16-14(18-9-13-19-10-20-21(13)2)17-8-7-11-5-3-4-6-12(11)15;/h3-6,10H,7-9H2,1-2H3,(H2,16,17,18);1H. The maximum atomic E-state index is 13.5. The van der Waals surface area contributed by atoms with Crippen molar-refractivity contribution in [3.8, 4) is 0 Å². The molecule has 0 bridgehead atoms. The summed E-state index contributed by atoms with van der Waals surface area (Å²) >= 11 is 0. The fourth-order valence-corrected chi connectivity index (χ4v) is 1.88. The third-order valence-electron chi connectivity index (χ3n) is 3.09. The van der Waals surface area contributed by atoms with Crippen molar-refractivity contribution in [3.05, 3.63) is 47.8 Å². The van der Waals surface area contributed by atoms with Gasteiger partial charge in [-0.05, 0) is 18.1 Å². The maximum Gasteiger partial charge on any atom is 0.191 e. The third-order valence-corrected chi connectivity index (χ3v) is 3.09. The van der Waals surface area contributed by atoms with E-state index < -0.39 is 0 Å². The molecule has 0 amide bonds. The molecule has 22 heavy (non-hydrogen) atoms. The summed E-state index contributed by atoms with van der Waals surface area (Å²) < 4.78 is 15.2. The SMILES string of the molecule is CN=C(NCCc1ccccc1F)NCc1ncnn1C.I. The summed E-state index contributed by atoms with van der Waals surface area (Å²) in [5, 5.41) is 10.3. The molecule has 6 nitrogen and oxygen atoms in total. The summed E-state index contributed by atoms with van der Waals surface area (Å²) in [6.07, 6.45) is 2.10. The monoisotopic (exact) mass is 418 g/mol. The number of nitrogens with one attached hydrogen (secondary N) is 2. The van der Waals surface area contributed by atoms with Crippen LogP contribution in [0.25, 0.3) is 0 Å². The van der Waals surface area contributed by atoms with E-state index in [0.29, 0.717) is 31.0 Å². The van der Waals surface area contributed by atoms with Crippen molar-refractivity contribution in [3.63, 3.8) is 0 Å². The number of aryl methyl sites for hydroxylation is 1. The zero-order valence-corrected chi connectivity index (χ0v) is 14.9. The lowest BCUT2D eigenvalue weighted by molar-refractivity contribution is 0.606. The highest BCUT2D eigenvalue weighted by molar-refractivity contribution is 14.0. The Labute approximate surface area is 146 Å². The van der Waals surface area contributed by atoms with Crippen LogP contribution in [0.5, 0.6) is 0 Å². The van der Waals surface area contributed by atoms with E-state index in [1.54, 1.807) is 23.9 Å². The van der Waals surface area contributed by atoms with Gasteiger partial charge < -0.3 is 10.6 Å². The Bertz CT molecular complexity index is 613. The van der Waals surface area contributed by atoms with Crippen LogP contribution in [0.2, 0.25) is 0 Å². The van der Waals surface area contributed by atoms with E-state index in [0.717, 1.165) is 5.82 Å². The van der Waals surface area contributed by atoms with Gasteiger partial charge in [-0.2, -0.15) is 5.10 Å². The van der Waals surface area contributed by atoms with Crippen LogP contribution in [-0.4, -0.2) is 34.3 Å². The number of benzene rings is 1. The van der Waals surface area contributed by atoms with Gasteiger partial charge in [-0.3, -0.25) is 9.67 Å². The van der Waals surface area contributed by atoms with E-state index >= 15 is 0 Å². The normalized spacial score (nSPS) is 11.0. The molecule has 2 N–H and O–H groups in total. The van der Waals surface area contributed by atoms with Crippen LogP contribution in [0, 0.1) is 5.82 Å². The Hall–Kier alpha value is -1.71. The van der Waals surface area contributed by atoms with Crippen molar-refractivity contribution in [2.24, 2.45) is 12.0 Å². The molecule has 0 unspecified atom stereocenters. The topological polar surface area (TPSA) is 67.1 Å². The Morgan fingerprint density at radius 3 is 2.73 bits per heavy atom. The fourth-order valence-electron chi connectivity index (χ4n) is 1.88. The van der Waals surface area contributed by atoms with Gasteiger partial charge in [-0.25, -0.2) is 9.37 Å². The number of guanidine groups is 1. The Morgan fingerprint density at radius 1 is 1.32 bits per heavy atom. The number of aliphatic imine (C=N–C) groups is 1. The van der Waals surface area contributed by atoms with E-state index in [1.807, 2.05) is 13.1 Å². The highest BCUT2D eigenvalue weighted by Crippen LogP contribution is 2.06. The second kappa shape index (κ2) is 9.34. The van der Waals surface area contributed by atoms with Crippen LogP contribution in [0.1, 0.15) is 11.4 Å². The van der Waals surface area contributed by atoms with Gasteiger partial charge in [0.25, 0.3) is 0 Å². The molecule has 1 heterocycles. The lowest BCUT2D eigenvalue weighted by Gasteiger charge is -2.11. The van der Waals surface area contributed by atoms with Gasteiger partial charge >= 0.3 is 0 Å². The van der Waals surface area contributed by atoms with Crippen LogP contribution in [0.3, 0.4) is 0 Å². The second-order valence-electron chi connectivity index (χ2n) is 4.49. The summed E-state index contributed by atoms with van der Waals surface area (Å²) in [5.74, 6) is 1.28. The first-order valence-corrected chi connectivity index (χ1v) is 6.71. The lowest BCUT2D eigenvalue weighted by Crippen LogP contribution is -2.38. The van der Waals surface area contributed by atoms with Crippen molar-refractivity contribution in [2.45, 2.75) is 13.0 Å². The first-order valence-electron chi connectivity index (χ1n) is 6.71. The molecular weight excluding hydrogens is 398 g/mol. The van der Waals surface area contributed by atoms with E-state index in [4.69, 9.17) is 0 Å². The molecule has 120 valence electrons. The molecule has 0 spiro atoms. The zero-order chi connectivity index (χ0) is 15.1. The first-order chi connectivity index (χ1) is 10.2. The number of hydrogen-bond donors (Lipinski definition) is 2. The van der Waals surface area contributed by atoms with Crippen molar-refractivity contribution >= 4 is 29.9 Å². The molecule has 1 aromatic carbocycles. The molecule has 0 fully saturated rings. The van der Waals surface area contributed by atoms with Gasteiger partial charge in [0.1, 0.15) is 18.0 Å². The van der Waals surface area contributed by atoms with Crippen LogP contribution < -0.4 is 10.6 Å². The maximum absolute atomic E-state index is 13.5. The van der Waals surface area contributed by atoms with Gasteiger partial charge in [0.2, 0.25) is 0 Å². The number of rotatable bonds is 5. The second-order valence-corrected chi connectivity index (χ2v) is 4.49. The minimum atomic E-state index is -0.179. The molecule has 0 saturated heterocycles. The third kappa shape index (κ3) is 5.24. The van der Waals surface area contributed by atoms with Crippen LogP contribution in [-0.2, 0) is 20.0 Å². The molecular formula is C14H20FIN6. The molecule has 0 radical (unpaired) electrons. The molecule has 0 aliphatic carbocycles. The highest BCUT2D eigenvalue weighted by atomic mass is 127. The van der Waals surface area contributed by atoms with E-state index in [2.05, 4.69) is 25.7 Å². The zero-order valence-electron chi connectivity index (χ0n) is 12.6. The van der Waals surface area contributed by atoms with Gasteiger partial charge in [-0.1, -0.05) is 18.2 Å². The summed E-state index contributed by atoms with van der Waals surface area (Å²) in [5.41, 5.74) is 0.689. The van der Waals surface area contributed by atoms with Gasteiger partial charge in [0.05, 0.1) is 6.54 Å². The summed E-state index contributed by atoms with van der Waals surface area (Å²) in [6, 6.07) is 6.77. The van der Waals surface area contributed by atoms with Crippen LogP contribution in [0.4, 0.5) is 4.39 Å². The molecule has 0 aliphatic rings. The summed E-state index contributed by atoms with van der Waals surface area (Å²) in [7, 11) is 3.52. The molecule has 0 aliphatic heterocycles. The highest BCUT2D eigenvalue weighted by Gasteiger charge is 2.04. The van der Waals surface area contributed by atoms with Crippen molar-refractivity contribution < 1.29 is 4.39 Å². The van der Waals surface area contributed by atoms with Gasteiger partial charge in [-0.15, -0.1) is 24.0 Å². The largest absolute Gasteiger partial charge is 0.356 e. The Morgan fingerprint density at radius 2 is 2.09 bits per heavy atom. The number of hydrogen-bond acceptors (Lipinski definition) is 3. The van der Waals surface area contributed by atoms with Crippen molar-refractivity contribution in [2.75, 3.05) is 13.6 Å². The first kappa shape index (κ1) is 18.3. The molecule has 8 heteroatoms. The molecule has 2 aromatic rings. The number of nitrogens with zero attached hydrogens (tertiary/aromatic N) is 4. The Balaban J connectivity index is 0.00000242. The minimum Gasteiger partial charge on any atom is -0.356 e. The smallest absolute Gasteiger partial charge is 0.191 e.